The van der Waals surface area contributed by atoms with E-state index in [1.807, 2.05) is 0 Å². The number of carboxylic acid groups (broad SMARTS) is 1. The van der Waals surface area contributed by atoms with Gasteiger partial charge in [-0.3, -0.25) is 4.79 Å². The van der Waals surface area contributed by atoms with E-state index in [0.717, 1.165) is 31.2 Å². The second-order valence-electron chi connectivity index (χ2n) is 4.35. The van der Waals surface area contributed by atoms with Crippen LogP contribution in [0.3, 0.4) is 0 Å². The predicted molar refractivity (Wildman–Crippen MR) is 70.3 cm³/mol. The summed E-state index contributed by atoms with van der Waals surface area (Å²) in [4.78, 5) is 10.5. The summed E-state index contributed by atoms with van der Waals surface area (Å²) < 4.78 is 6.01. The van der Waals surface area contributed by atoms with Crippen molar-refractivity contribution in [3.63, 3.8) is 0 Å². The summed E-state index contributed by atoms with van der Waals surface area (Å²) >= 11 is 2.58. The number of carboxylic acids is 1. The van der Waals surface area contributed by atoms with Gasteiger partial charge in [0.05, 0.1) is 5.75 Å². The molecule has 2 N–H and O–H groups in total. The third-order valence-electron chi connectivity index (χ3n) is 2.73. The Labute approximate surface area is 113 Å². The quantitative estimate of drug-likeness (QED) is 0.798. The van der Waals surface area contributed by atoms with Crippen LogP contribution in [0.5, 0.6) is 0 Å². The van der Waals surface area contributed by atoms with Crippen molar-refractivity contribution in [3.8, 4) is 0 Å². The van der Waals surface area contributed by atoms with Crippen LogP contribution >= 0.6 is 23.1 Å². The van der Waals surface area contributed by atoms with Crippen molar-refractivity contribution >= 4 is 34.2 Å². The summed E-state index contributed by atoms with van der Waals surface area (Å²) in [6, 6.07) is 0. The molecule has 0 aliphatic carbocycles. The van der Waals surface area contributed by atoms with E-state index in [1.54, 1.807) is 0 Å². The molecule has 0 spiro atoms. The Morgan fingerprint density at radius 3 is 2.94 bits per heavy atom. The summed E-state index contributed by atoms with van der Waals surface area (Å²) in [6.45, 7) is 3.65. The second kappa shape index (κ2) is 5.85. The number of nitrogens with zero attached hydrogens (tertiary/aromatic N) is 2. The summed E-state index contributed by atoms with van der Waals surface area (Å²) in [5.74, 6) is -0.833. The van der Waals surface area contributed by atoms with Crippen LogP contribution in [0, 0.1) is 0 Å². The lowest BCUT2D eigenvalue weighted by Gasteiger charge is -2.34. The van der Waals surface area contributed by atoms with Crippen molar-refractivity contribution in [2.24, 2.45) is 0 Å². The van der Waals surface area contributed by atoms with Gasteiger partial charge in [0.1, 0.15) is 0 Å². The molecule has 100 valence electrons. The van der Waals surface area contributed by atoms with Gasteiger partial charge in [-0.2, -0.15) is 0 Å². The maximum atomic E-state index is 10.5. The van der Waals surface area contributed by atoms with E-state index in [1.165, 1.54) is 23.1 Å². The molecular weight excluding hydrogens is 274 g/mol. The number of aromatic nitrogens is 2. The molecule has 1 aliphatic rings. The third-order valence-corrected chi connectivity index (χ3v) is 4.69. The molecule has 6 nitrogen and oxygen atoms in total. The molecule has 2 heterocycles. The fraction of sp³-hybridized carbons (Fsp3) is 0.700. The monoisotopic (exact) mass is 289 g/mol. The molecule has 0 amide bonds. The van der Waals surface area contributed by atoms with E-state index >= 15 is 0 Å². The molecule has 1 aliphatic heterocycles. The van der Waals surface area contributed by atoms with Gasteiger partial charge in [0.25, 0.3) is 0 Å². The first-order chi connectivity index (χ1) is 8.57. The van der Waals surface area contributed by atoms with Gasteiger partial charge in [-0.1, -0.05) is 23.1 Å². The molecule has 0 saturated carbocycles. The van der Waals surface area contributed by atoms with E-state index in [4.69, 9.17) is 9.84 Å². The summed E-state index contributed by atoms with van der Waals surface area (Å²) in [7, 11) is 0. The van der Waals surface area contributed by atoms with Crippen molar-refractivity contribution in [1.82, 2.24) is 10.2 Å². The summed E-state index contributed by atoms with van der Waals surface area (Å²) in [5.41, 5.74) is -0.00742. The number of aliphatic carboxylic acids is 1. The van der Waals surface area contributed by atoms with Crippen molar-refractivity contribution < 1.29 is 14.6 Å². The lowest BCUT2D eigenvalue weighted by Crippen LogP contribution is -2.40. The number of thioether (sulfide) groups is 1. The molecular formula is C10H15N3O3S2. The Morgan fingerprint density at radius 2 is 2.28 bits per heavy atom. The summed E-state index contributed by atoms with van der Waals surface area (Å²) in [5, 5.41) is 20.7. The molecule has 0 atom stereocenters. The van der Waals surface area contributed by atoms with Crippen LogP contribution in [0.2, 0.25) is 0 Å². The highest BCUT2D eigenvalue weighted by Gasteiger charge is 2.28. The number of hydrogen-bond acceptors (Lipinski definition) is 7. The fourth-order valence-electron chi connectivity index (χ4n) is 1.65. The second-order valence-corrected chi connectivity index (χ2v) is 6.55. The van der Waals surface area contributed by atoms with Gasteiger partial charge in [0.2, 0.25) is 5.13 Å². The first-order valence-corrected chi connectivity index (χ1v) is 7.42. The average molecular weight is 289 g/mol. The maximum absolute atomic E-state index is 10.5. The Bertz CT molecular complexity index is 418. The molecule has 2 rings (SSSR count). The molecule has 0 bridgehead atoms. The van der Waals surface area contributed by atoms with Crippen LogP contribution in [0.25, 0.3) is 0 Å². The Balaban J connectivity index is 1.91. The zero-order valence-corrected chi connectivity index (χ0v) is 11.6. The number of anilines is 1. The van der Waals surface area contributed by atoms with Crippen LogP contribution in [-0.2, 0) is 9.53 Å². The smallest absolute Gasteiger partial charge is 0.313 e. The number of rotatable bonds is 5. The van der Waals surface area contributed by atoms with Gasteiger partial charge in [-0.15, -0.1) is 10.2 Å². The highest BCUT2D eigenvalue weighted by molar-refractivity contribution is 8.01. The lowest BCUT2D eigenvalue weighted by atomic mass is 9.93. The SMILES string of the molecule is CC1(Nc2nnc(SCC(=O)O)s2)CCOCC1. The Kier molecular flexibility index (Phi) is 4.41. The van der Waals surface area contributed by atoms with E-state index in [-0.39, 0.29) is 11.3 Å². The minimum atomic E-state index is -0.846. The van der Waals surface area contributed by atoms with Gasteiger partial charge >= 0.3 is 5.97 Å². The lowest BCUT2D eigenvalue weighted by molar-refractivity contribution is -0.133. The first kappa shape index (κ1) is 13.6. The van der Waals surface area contributed by atoms with Gasteiger partial charge in [-0.05, 0) is 19.8 Å². The summed E-state index contributed by atoms with van der Waals surface area (Å²) in [6.07, 6.45) is 1.87. The molecule has 0 radical (unpaired) electrons. The van der Waals surface area contributed by atoms with Crippen molar-refractivity contribution in [3.05, 3.63) is 0 Å². The largest absolute Gasteiger partial charge is 0.481 e. The van der Waals surface area contributed by atoms with Crippen LogP contribution in [0.15, 0.2) is 4.34 Å². The molecule has 0 aromatic carbocycles. The number of carbonyl (C=O) groups is 1. The van der Waals surface area contributed by atoms with Crippen LogP contribution < -0.4 is 5.32 Å². The molecule has 1 saturated heterocycles. The Morgan fingerprint density at radius 1 is 1.56 bits per heavy atom. The van der Waals surface area contributed by atoms with Crippen LogP contribution in [-0.4, -0.2) is 45.8 Å². The maximum Gasteiger partial charge on any atom is 0.313 e. The van der Waals surface area contributed by atoms with Crippen molar-refractivity contribution in [1.29, 1.82) is 0 Å². The third kappa shape index (κ3) is 3.82. The first-order valence-electron chi connectivity index (χ1n) is 5.61. The van der Waals surface area contributed by atoms with E-state index in [2.05, 4.69) is 22.4 Å². The molecule has 1 fully saturated rings. The average Bonchev–Trinajstić information content (AvgIpc) is 2.74. The van der Waals surface area contributed by atoms with Crippen LogP contribution in [0.4, 0.5) is 5.13 Å². The number of hydrogen-bond donors (Lipinski definition) is 2. The molecule has 18 heavy (non-hydrogen) atoms. The topological polar surface area (TPSA) is 84.3 Å². The van der Waals surface area contributed by atoms with Gasteiger partial charge < -0.3 is 15.2 Å². The highest BCUT2D eigenvalue weighted by Crippen LogP contribution is 2.30. The molecule has 8 heteroatoms. The highest BCUT2D eigenvalue weighted by atomic mass is 32.2. The van der Waals surface area contributed by atoms with Crippen molar-refractivity contribution in [2.45, 2.75) is 29.6 Å². The standard InChI is InChI=1S/C10H15N3O3S2/c1-10(2-4-16-5-3-10)11-8-12-13-9(18-8)17-6-7(14)15/h2-6H2,1H3,(H,11,12)(H,14,15). The van der Waals surface area contributed by atoms with E-state index in [0.29, 0.717) is 4.34 Å². The molecule has 0 unspecified atom stereocenters. The Hall–Kier alpha value is -0.860. The number of ether oxygens (including phenoxy) is 1. The van der Waals surface area contributed by atoms with Gasteiger partial charge in [-0.25, -0.2) is 0 Å². The fourth-order valence-corrected chi connectivity index (χ4v) is 3.27. The zero-order valence-electron chi connectivity index (χ0n) is 10.0. The molecule has 1 aromatic rings. The van der Waals surface area contributed by atoms with Crippen molar-refractivity contribution in [2.75, 3.05) is 24.3 Å². The normalized spacial score (nSPS) is 18.5. The van der Waals surface area contributed by atoms with Crippen LogP contribution in [0.1, 0.15) is 19.8 Å². The minimum absolute atomic E-state index is 0.00742. The van der Waals surface area contributed by atoms with Gasteiger partial charge in [0.15, 0.2) is 4.34 Å². The predicted octanol–water partition coefficient (Wildman–Crippen LogP) is 1.70. The van der Waals surface area contributed by atoms with Gasteiger partial charge in [0, 0.05) is 18.8 Å². The minimum Gasteiger partial charge on any atom is -0.481 e. The van der Waals surface area contributed by atoms with E-state index in [9.17, 15) is 4.79 Å². The zero-order chi connectivity index (χ0) is 13.0. The molecule has 1 aromatic heterocycles. The number of nitrogens with one attached hydrogen (secondary N) is 1. The van der Waals surface area contributed by atoms with E-state index < -0.39 is 5.97 Å².